The number of aliphatic hydroxyl groups is 3. The quantitative estimate of drug-likeness (QED) is 0.182. The molecule has 2 spiro atoms. The molecule has 1 unspecified atom stereocenters. The SMILES string of the molecule is C[C@]12CC[C@H]3[C@]4(C=C[C@@]5(C=C4C(=O)C4CCCCC4)CC(O)CC[C@]35C)[C@@H]1CC[C@@]2(O)CN(CCc1cccs1)C[C@@H](O)COCc1ccccc1. The average molecular weight is 728 g/mol. The van der Waals surface area contributed by atoms with Gasteiger partial charge < -0.3 is 20.1 Å². The molecule has 4 fully saturated rings. The number of ketones is 1. The Balaban J connectivity index is 1.08. The van der Waals surface area contributed by atoms with Crippen LogP contribution in [-0.2, 0) is 22.6 Å². The van der Waals surface area contributed by atoms with Crippen LogP contribution < -0.4 is 0 Å². The Hall–Kier alpha value is -2.13. The van der Waals surface area contributed by atoms with Crippen molar-refractivity contribution in [1.29, 1.82) is 0 Å². The van der Waals surface area contributed by atoms with Gasteiger partial charge in [0.25, 0.3) is 0 Å². The summed E-state index contributed by atoms with van der Waals surface area (Å²) in [5.41, 5.74) is 0.0877. The van der Waals surface area contributed by atoms with Crippen LogP contribution in [0.2, 0.25) is 0 Å². The number of aliphatic hydroxyl groups excluding tert-OH is 2. The first-order valence-corrected chi connectivity index (χ1v) is 21.3. The van der Waals surface area contributed by atoms with Crippen molar-refractivity contribution in [3.8, 4) is 0 Å². The van der Waals surface area contributed by atoms with E-state index in [1.54, 1.807) is 11.3 Å². The van der Waals surface area contributed by atoms with E-state index in [1.165, 1.54) is 11.3 Å². The molecule has 0 aliphatic heterocycles. The predicted octanol–water partition coefficient (Wildman–Crippen LogP) is 7.91. The van der Waals surface area contributed by atoms with Crippen molar-refractivity contribution in [2.75, 3.05) is 26.2 Å². The summed E-state index contributed by atoms with van der Waals surface area (Å²) in [6.45, 7) is 7.19. The van der Waals surface area contributed by atoms with Crippen LogP contribution in [0.25, 0.3) is 0 Å². The standard InChI is InChI=1S/C45H61NO5S/c1-41-19-15-34(47)26-43(41)22-23-45(37(27-43)40(49)33-12-7-4-8-13-33)38(41)16-20-42(2)39(45)17-21-44(42,50)31-46(24-18-36-14-9-25-52-36)28-35(48)30-51-29-32-10-5-3-6-11-32/h3,5-6,9-11,14,22-23,25,27,33-35,38-39,47-48,50H,4,7-8,12-13,15-21,24,26,28-31H2,1-2H3/t34?,35-,38-,39-,41-,42+,43+,44-,45-/m1/s1. The highest BCUT2D eigenvalue weighted by Crippen LogP contribution is 2.78. The number of rotatable bonds is 13. The van der Waals surface area contributed by atoms with Crippen LogP contribution >= 0.6 is 11.3 Å². The van der Waals surface area contributed by atoms with Crippen molar-refractivity contribution in [2.45, 2.75) is 122 Å². The highest BCUT2D eigenvalue weighted by Gasteiger charge is 2.74. The zero-order valence-corrected chi connectivity index (χ0v) is 32.3. The van der Waals surface area contributed by atoms with Gasteiger partial charge in [0, 0.05) is 52.2 Å². The molecule has 4 saturated carbocycles. The van der Waals surface area contributed by atoms with Crippen molar-refractivity contribution in [1.82, 2.24) is 4.90 Å². The van der Waals surface area contributed by atoms with Gasteiger partial charge in [0.2, 0.25) is 0 Å². The van der Waals surface area contributed by atoms with Crippen molar-refractivity contribution in [2.24, 2.45) is 39.4 Å². The van der Waals surface area contributed by atoms with Gasteiger partial charge in [-0.05, 0) is 98.5 Å². The number of carbonyl (C=O) groups is 1. The molecule has 7 heteroatoms. The first-order valence-electron chi connectivity index (χ1n) is 20.4. The number of thiophene rings is 1. The number of benzene rings is 1. The van der Waals surface area contributed by atoms with Crippen LogP contribution in [0, 0.1) is 39.4 Å². The van der Waals surface area contributed by atoms with Crippen LogP contribution in [-0.4, -0.2) is 70.1 Å². The lowest BCUT2D eigenvalue weighted by atomic mass is 9.32. The normalized spacial score (nSPS) is 38.8. The second kappa shape index (κ2) is 14.2. The van der Waals surface area contributed by atoms with E-state index >= 15 is 0 Å². The molecule has 6 nitrogen and oxygen atoms in total. The Labute approximate surface area is 315 Å². The van der Waals surface area contributed by atoms with Gasteiger partial charge in [0.1, 0.15) is 0 Å². The van der Waals surface area contributed by atoms with E-state index in [9.17, 15) is 20.1 Å². The van der Waals surface area contributed by atoms with Gasteiger partial charge in [-0.3, -0.25) is 9.69 Å². The third-order valence-corrected chi connectivity index (χ3v) is 16.5. The molecule has 1 heterocycles. The molecule has 7 aliphatic rings. The molecule has 1 aromatic carbocycles. The van der Waals surface area contributed by atoms with Crippen LogP contribution in [0.3, 0.4) is 0 Å². The largest absolute Gasteiger partial charge is 0.393 e. The summed E-state index contributed by atoms with van der Waals surface area (Å²) in [5, 5.41) is 37.6. The van der Waals surface area contributed by atoms with E-state index in [4.69, 9.17) is 4.74 Å². The van der Waals surface area contributed by atoms with E-state index in [-0.39, 0.29) is 35.4 Å². The van der Waals surface area contributed by atoms with Gasteiger partial charge in [0.05, 0.1) is 31.0 Å². The highest BCUT2D eigenvalue weighted by molar-refractivity contribution is 7.09. The van der Waals surface area contributed by atoms with E-state index in [0.29, 0.717) is 44.2 Å². The van der Waals surface area contributed by atoms with Gasteiger partial charge in [-0.15, -0.1) is 11.3 Å². The first kappa shape index (κ1) is 36.8. The molecule has 52 heavy (non-hydrogen) atoms. The number of nitrogens with zero attached hydrogens (tertiary/aromatic N) is 1. The fraction of sp³-hybridized carbons (Fsp3) is 0.667. The number of hydrogen-bond donors (Lipinski definition) is 3. The Morgan fingerprint density at radius 2 is 1.69 bits per heavy atom. The zero-order chi connectivity index (χ0) is 36.2. The predicted molar refractivity (Wildman–Crippen MR) is 207 cm³/mol. The maximum absolute atomic E-state index is 14.9. The lowest BCUT2D eigenvalue weighted by Crippen LogP contribution is -2.67. The number of carbonyl (C=O) groups excluding carboxylic acids is 1. The molecule has 2 bridgehead atoms. The molecular weight excluding hydrogens is 667 g/mol. The summed E-state index contributed by atoms with van der Waals surface area (Å²) in [5.74, 6) is 0.931. The minimum Gasteiger partial charge on any atom is -0.393 e. The number of fused-ring (bicyclic) bond motifs is 1. The molecule has 9 atom stereocenters. The summed E-state index contributed by atoms with van der Waals surface area (Å²) < 4.78 is 5.97. The maximum Gasteiger partial charge on any atom is 0.162 e. The van der Waals surface area contributed by atoms with Crippen LogP contribution in [0.4, 0.5) is 0 Å². The molecular formula is C45H61NO5S. The van der Waals surface area contributed by atoms with Gasteiger partial charge in [-0.1, -0.05) is 87.7 Å². The van der Waals surface area contributed by atoms with Gasteiger partial charge in [-0.2, -0.15) is 0 Å². The summed E-state index contributed by atoms with van der Waals surface area (Å²) in [7, 11) is 0. The van der Waals surface area contributed by atoms with Crippen molar-refractivity contribution in [3.05, 3.63) is 82.1 Å². The number of ether oxygens (including phenoxy) is 1. The molecule has 0 radical (unpaired) electrons. The minimum atomic E-state index is -0.958. The number of hydrogen-bond acceptors (Lipinski definition) is 7. The van der Waals surface area contributed by atoms with Crippen LogP contribution in [0.1, 0.15) is 101 Å². The molecule has 0 saturated heterocycles. The van der Waals surface area contributed by atoms with Crippen molar-refractivity contribution >= 4 is 17.1 Å². The molecule has 7 aliphatic carbocycles. The third kappa shape index (κ3) is 6.05. The molecule has 2 aromatic rings. The third-order valence-electron chi connectivity index (χ3n) is 15.6. The molecule has 282 valence electrons. The van der Waals surface area contributed by atoms with Crippen molar-refractivity contribution < 1.29 is 24.9 Å². The molecule has 3 N–H and O–H groups in total. The smallest absolute Gasteiger partial charge is 0.162 e. The molecule has 9 rings (SSSR count). The molecule has 0 amide bonds. The van der Waals surface area contributed by atoms with Crippen molar-refractivity contribution in [3.63, 3.8) is 0 Å². The number of Topliss-reactive ketones (excluding diaryl/α,β-unsaturated/α-hetero) is 1. The maximum atomic E-state index is 14.9. The van der Waals surface area contributed by atoms with Gasteiger partial charge >= 0.3 is 0 Å². The highest BCUT2D eigenvalue weighted by atomic mass is 32.1. The summed E-state index contributed by atoms with van der Waals surface area (Å²) in [6.07, 6.45) is 18.6. The lowest BCUT2D eigenvalue weighted by Gasteiger charge is -2.71. The topological polar surface area (TPSA) is 90.2 Å². The summed E-state index contributed by atoms with van der Waals surface area (Å²) >= 11 is 1.76. The zero-order valence-electron chi connectivity index (χ0n) is 31.5. The number of allylic oxidation sites excluding steroid dienone is 4. The Morgan fingerprint density at radius 3 is 2.46 bits per heavy atom. The Bertz CT molecular complexity index is 1640. The Morgan fingerprint density at radius 1 is 0.942 bits per heavy atom. The minimum absolute atomic E-state index is 0.0179. The van der Waals surface area contributed by atoms with E-state index < -0.39 is 22.5 Å². The van der Waals surface area contributed by atoms with Crippen LogP contribution in [0.15, 0.2) is 71.6 Å². The van der Waals surface area contributed by atoms with E-state index in [2.05, 4.69) is 54.5 Å². The van der Waals surface area contributed by atoms with Crippen LogP contribution in [0.5, 0.6) is 0 Å². The molecule has 1 aromatic heterocycles. The second-order valence-electron chi connectivity index (χ2n) is 18.2. The monoisotopic (exact) mass is 727 g/mol. The summed E-state index contributed by atoms with van der Waals surface area (Å²) in [6, 6.07) is 14.3. The lowest BCUT2D eigenvalue weighted by molar-refractivity contribution is -0.180. The van der Waals surface area contributed by atoms with E-state index in [0.717, 1.165) is 81.9 Å². The van der Waals surface area contributed by atoms with Gasteiger partial charge in [-0.25, -0.2) is 0 Å². The second-order valence-corrected chi connectivity index (χ2v) is 19.3. The van der Waals surface area contributed by atoms with Gasteiger partial charge in [0.15, 0.2) is 5.78 Å². The fourth-order valence-electron chi connectivity index (χ4n) is 12.8. The average Bonchev–Trinajstić information content (AvgIpc) is 3.76. The summed E-state index contributed by atoms with van der Waals surface area (Å²) in [4.78, 5) is 18.5. The fourth-order valence-corrected chi connectivity index (χ4v) is 13.5. The van der Waals surface area contributed by atoms with E-state index in [1.807, 2.05) is 30.3 Å². The first-order chi connectivity index (χ1) is 25.0. The Kier molecular flexibility index (Phi) is 10.0.